The van der Waals surface area contributed by atoms with Crippen LogP contribution in [0.3, 0.4) is 0 Å². The van der Waals surface area contributed by atoms with Crippen LogP contribution in [0.4, 0.5) is 0 Å². The first-order valence-corrected chi connectivity index (χ1v) is 3.84. The zero-order valence-electron chi connectivity index (χ0n) is 6.36. The summed E-state index contributed by atoms with van der Waals surface area (Å²) >= 11 is 5.87. The molecule has 0 aliphatic carbocycles. The van der Waals surface area contributed by atoms with Gasteiger partial charge in [0, 0.05) is 6.61 Å². The molecule has 0 bridgehead atoms. The SMILES string of the molecule is CCOCC(Cl)C(C)C. The molecule has 1 nitrogen and oxygen atoms in total. The lowest BCUT2D eigenvalue weighted by atomic mass is 10.1. The van der Waals surface area contributed by atoms with Crippen molar-refractivity contribution in [1.82, 2.24) is 0 Å². The van der Waals surface area contributed by atoms with Crippen LogP contribution in [0.2, 0.25) is 0 Å². The topological polar surface area (TPSA) is 9.23 Å². The summed E-state index contributed by atoms with van der Waals surface area (Å²) in [7, 11) is 0. The average molecular weight is 151 g/mol. The molecule has 0 aliphatic rings. The standard InChI is InChI=1S/C7H15ClO/c1-4-9-5-7(8)6(2)3/h6-7H,4-5H2,1-3H3. The molecule has 56 valence electrons. The number of ether oxygens (including phenoxy) is 1. The molecule has 9 heavy (non-hydrogen) atoms. The second-order valence-corrected chi connectivity index (χ2v) is 2.98. The molecule has 0 saturated heterocycles. The second kappa shape index (κ2) is 5.07. The highest BCUT2D eigenvalue weighted by Crippen LogP contribution is 2.08. The zero-order valence-corrected chi connectivity index (χ0v) is 7.11. The van der Waals surface area contributed by atoms with Gasteiger partial charge < -0.3 is 4.74 Å². The van der Waals surface area contributed by atoms with Gasteiger partial charge in [-0.3, -0.25) is 0 Å². The minimum absolute atomic E-state index is 0.171. The van der Waals surface area contributed by atoms with Crippen molar-refractivity contribution in [3.05, 3.63) is 0 Å². The predicted octanol–water partition coefficient (Wildman–Crippen LogP) is 2.29. The van der Waals surface area contributed by atoms with E-state index in [-0.39, 0.29) is 5.38 Å². The van der Waals surface area contributed by atoms with Crippen LogP contribution in [0.15, 0.2) is 0 Å². The molecule has 0 aromatic rings. The summed E-state index contributed by atoms with van der Waals surface area (Å²) in [6.07, 6.45) is 0. The van der Waals surface area contributed by atoms with Crippen LogP contribution in [0, 0.1) is 5.92 Å². The lowest BCUT2D eigenvalue weighted by molar-refractivity contribution is 0.139. The van der Waals surface area contributed by atoms with Gasteiger partial charge in [-0.1, -0.05) is 13.8 Å². The fourth-order valence-electron chi connectivity index (χ4n) is 0.423. The number of rotatable bonds is 4. The first kappa shape index (κ1) is 9.25. The number of hydrogen-bond donors (Lipinski definition) is 0. The number of alkyl halides is 1. The van der Waals surface area contributed by atoms with E-state index in [9.17, 15) is 0 Å². The minimum atomic E-state index is 0.171. The Morgan fingerprint density at radius 1 is 1.44 bits per heavy atom. The van der Waals surface area contributed by atoms with Crippen molar-refractivity contribution in [3.63, 3.8) is 0 Å². The summed E-state index contributed by atoms with van der Waals surface area (Å²) in [5.41, 5.74) is 0. The van der Waals surface area contributed by atoms with E-state index in [0.29, 0.717) is 12.5 Å². The van der Waals surface area contributed by atoms with Gasteiger partial charge in [0.2, 0.25) is 0 Å². The second-order valence-electron chi connectivity index (χ2n) is 2.42. The van der Waals surface area contributed by atoms with E-state index in [2.05, 4.69) is 13.8 Å². The first-order chi connectivity index (χ1) is 4.18. The molecule has 1 atom stereocenters. The summed E-state index contributed by atoms with van der Waals surface area (Å²) in [6.45, 7) is 7.60. The Balaban J connectivity index is 3.16. The maximum Gasteiger partial charge on any atom is 0.0632 e. The molecular formula is C7H15ClO. The fourth-order valence-corrected chi connectivity index (χ4v) is 0.512. The molecule has 1 unspecified atom stereocenters. The third-order valence-corrected chi connectivity index (χ3v) is 1.83. The van der Waals surface area contributed by atoms with Crippen molar-refractivity contribution < 1.29 is 4.74 Å². The fraction of sp³-hybridized carbons (Fsp3) is 1.00. The van der Waals surface area contributed by atoms with Crippen molar-refractivity contribution in [2.75, 3.05) is 13.2 Å². The van der Waals surface area contributed by atoms with E-state index in [1.54, 1.807) is 0 Å². The minimum Gasteiger partial charge on any atom is -0.380 e. The van der Waals surface area contributed by atoms with E-state index >= 15 is 0 Å². The van der Waals surface area contributed by atoms with Crippen LogP contribution >= 0.6 is 11.6 Å². The van der Waals surface area contributed by atoms with Crippen LogP contribution in [-0.4, -0.2) is 18.6 Å². The highest BCUT2D eigenvalue weighted by atomic mass is 35.5. The Labute approximate surface area is 62.3 Å². The van der Waals surface area contributed by atoms with Crippen LogP contribution in [-0.2, 0) is 4.74 Å². The van der Waals surface area contributed by atoms with Crippen molar-refractivity contribution in [1.29, 1.82) is 0 Å². The third-order valence-electron chi connectivity index (χ3n) is 1.20. The summed E-state index contributed by atoms with van der Waals surface area (Å²) in [4.78, 5) is 0. The monoisotopic (exact) mass is 150 g/mol. The molecule has 0 fully saturated rings. The Morgan fingerprint density at radius 3 is 2.33 bits per heavy atom. The largest absolute Gasteiger partial charge is 0.380 e. The molecule has 0 radical (unpaired) electrons. The van der Waals surface area contributed by atoms with Crippen LogP contribution in [0.5, 0.6) is 0 Å². The molecular weight excluding hydrogens is 136 g/mol. The molecule has 0 spiro atoms. The van der Waals surface area contributed by atoms with Gasteiger partial charge in [0.05, 0.1) is 12.0 Å². The van der Waals surface area contributed by atoms with Gasteiger partial charge in [-0.2, -0.15) is 0 Å². The maximum absolute atomic E-state index is 5.87. The molecule has 0 rings (SSSR count). The van der Waals surface area contributed by atoms with Gasteiger partial charge in [0.15, 0.2) is 0 Å². The van der Waals surface area contributed by atoms with Crippen molar-refractivity contribution >= 4 is 11.6 Å². The maximum atomic E-state index is 5.87. The molecule has 0 saturated carbocycles. The Bertz CT molecular complexity index is 63.9. The predicted molar refractivity (Wildman–Crippen MR) is 41.0 cm³/mol. The highest BCUT2D eigenvalue weighted by molar-refractivity contribution is 6.20. The molecule has 0 aliphatic heterocycles. The van der Waals surface area contributed by atoms with E-state index < -0.39 is 0 Å². The van der Waals surface area contributed by atoms with Gasteiger partial charge in [-0.15, -0.1) is 11.6 Å². The summed E-state index contributed by atoms with van der Waals surface area (Å²) in [5.74, 6) is 0.512. The average Bonchev–Trinajstić information content (AvgIpc) is 1.82. The molecule has 2 heteroatoms. The number of hydrogen-bond acceptors (Lipinski definition) is 1. The van der Waals surface area contributed by atoms with Crippen LogP contribution in [0.1, 0.15) is 20.8 Å². The van der Waals surface area contributed by atoms with Crippen molar-refractivity contribution in [3.8, 4) is 0 Å². The Kier molecular flexibility index (Phi) is 5.21. The summed E-state index contributed by atoms with van der Waals surface area (Å²) in [6, 6.07) is 0. The molecule has 0 heterocycles. The normalized spacial score (nSPS) is 14.3. The molecule has 0 aromatic heterocycles. The van der Waals surface area contributed by atoms with E-state index in [1.807, 2.05) is 6.92 Å². The molecule has 0 aromatic carbocycles. The third kappa shape index (κ3) is 4.73. The Morgan fingerprint density at radius 2 is 2.00 bits per heavy atom. The molecule has 0 N–H and O–H groups in total. The summed E-state index contributed by atoms with van der Waals surface area (Å²) < 4.78 is 5.12. The van der Waals surface area contributed by atoms with Crippen molar-refractivity contribution in [2.45, 2.75) is 26.1 Å². The quantitative estimate of drug-likeness (QED) is 0.559. The van der Waals surface area contributed by atoms with Gasteiger partial charge in [0.1, 0.15) is 0 Å². The molecule has 0 amide bonds. The zero-order chi connectivity index (χ0) is 7.28. The van der Waals surface area contributed by atoms with E-state index in [1.165, 1.54) is 0 Å². The van der Waals surface area contributed by atoms with Crippen molar-refractivity contribution in [2.24, 2.45) is 5.92 Å². The van der Waals surface area contributed by atoms with Gasteiger partial charge in [-0.05, 0) is 12.8 Å². The first-order valence-electron chi connectivity index (χ1n) is 3.40. The lowest BCUT2D eigenvalue weighted by Crippen LogP contribution is -2.15. The van der Waals surface area contributed by atoms with Gasteiger partial charge in [-0.25, -0.2) is 0 Å². The van der Waals surface area contributed by atoms with Gasteiger partial charge >= 0.3 is 0 Å². The lowest BCUT2D eigenvalue weighted by Gasteiger charge is -2.11. The van der Waals surface area contributed by atoms with E-state index in [4.69, 9.17) is 16.3 Å². The highest BCUT2D eigenvalue weighted by Gasteiger charge is 2.07. The van der Waals surface area contributed by atoms with Gasteiger partial charge in [0.25, 0.3) is 0 Å². The van der Waals surface area contributed by atoms with Crippen LogP contribution < -0.4 is 0 Å². The van der Waals surface area contributed by atoms with Crippen LogP contribution in [0.25, 0.3) is 0 Å². The summed E-state index contributed by atoms with van der Waals surface area (Å²) in [5, 5.41) is 0.171. The van der Waals surface area contributed by atoms with E-state index in [0.717, 1.165) is 6.61 Å². The Hall–Kier alpha value is 0.250. The smallest absolute Gasteiger partial charge is 0.0632 e. The number of halogens is 1.